The van der Waals surface area contributed by atoms with Crippen LogP contribution in [0.2, 0.25) is 0 Å². The van der Waals surface area contributed by atoms with Gasteiger partial charge in [0.05, 0.1) is 16.3 Å². The number of fused-ring (bicyclic) bond motifs is 1. The van der Waals surface area contributed by atoms with Gasteiger partial charge in [0.1, 0.15) is 17.4 Å². The van der Waals surface area contributed by atoms with E-state index in [-0.39, 0.29) is 22.4 Å². The highest BCUT2D eigenvalue weighted by atomic mass is 32.2. The van der Waals surface area contributed by atoms with Crippen LogP contribution in [0.1, 0.15) is 24.8 Å². The van der Waals surface area contributed by atoms with Gasteiger partial charge in [0, 0.05) is 4.75 Å². The van der Waals surface area contributed by atoms with E-state index in [0.29, 0.717) is 0 Å². The van der Waals surface area contributed by atoms with Gasteiger partial charge in [0.25, 0.3) is 0 Å². The molecule has 0 bridgehead atoms. The summed E-state index contributed by atoms with van der Waals surface area (Å²) in [5.41, 5.74) is 5.70. The molecule has 8 heteroatoms. The maximum absolute atomic E-state index is 13.4. The maximum atomic E-state index is 13.4. The van der Waals surface area contributed by atoms with E-state index >= 15 is 0 Å². The first-order valence-electron chi connectivity index (χ1n) is 6.89. The second-order valence-corrected chi connectivity index (χ2v) is 7.65. The molecule has 1 fully saturated rings. The van der Waals surface area contributed by atoms with Crippen LogP contribution in [0.5, 0.6) is 0 Å². The number of carboxylic acids is 1. The summed E-state index contributed by atoms with van der Waals surface area (Å²) in [5, 5.41) is 11.6. The normalized spacial score (nSPS) is 23.3. The molecule has 1 aliphatic rings. The Morgan fingerprint density at radius 2 is 2.17 bits per heavy atom. The second kappa shape index (κ2) is 5.24. The van der Waals surface area contributed by atoms with Crippen LogP contribution >= 0.6 is 11.8 Å². The predicted molar refractivity (Wildman–Crippen MR) is 85.8 cm³/mol. The van der Waals surface area contributed by atoms with Crippen LogP contribution in [0.3, 0.4) is 0 Å². The van der Waals surface area contributed by atoms with Gasteiger partial charge in [-0.1, -0.05) is 0 Å². The van der Waals surface area contributed by atoms with Crippen molar-refractivity contribution in [1.29, 1.82) is 0 Å². The Balaban J connectivity index is 2.14. The fraction of sp³-hybridized carbons (Fsp3) is 0.333. The topological polar surface area (TPSA) is 106 Å². The lowest BCUT2D eigenvalue weighted by Crippen LogP contribution is -2.44. The third-order valence-electron chi connectivity index (χ3n) is 3.86. The highest BCUT2D eigenvalue weighted by molar-refractivity contribution is 8.01. The Hall–Kier alpha value is -2.06. The molecule has 2 atom stereocenters. The number of anilines is 1. The first-order valence-corrected chi connectivity index (χ1v) is 7.77. The van der Waals surface area contributed by atoms with Crippen molar-refractivity contribution < 1.29 is 18.7 Å². The van der Waals surface area contributed by atoms with Crippen molar-refractivity contribution in [3.8, 4) is 0 Å². The van der Waals surface area contributed by atoms with Gasteiger partial charge in [-0.3, -0.25) is 14.9 Å². The quantitative estimate of drug-likeness (QED) is 0.770. The van der Waals surface area contributed by atoms with Crippen LogP contribution in [0.15, 0.2) is 27.4 Å². The summed E-state index contributed by atoms with van der Waals surface area (Å²) in [6.07, 6.45) is 0. The number of halogens is 1. The number of aliphatic carboxylic acids is 1. The molecule has 2 aromatic rings. The molecule has 0 radical (unpaired) electrons. The molecule has 4 N–H and O–H groups in total. The minimum absolute atomic E-state index is 0.0770. The lowest BCUT2D eigenvalue weighted by molar-refractivity contribution is -0.139. The Morgan fingerprint density at radius 1 is 1.48 bits per heavy atom. The van der Waals surface area contributed by atoms with Crippen LogP contribution in [0.25, 0.3) is 11.0 Å². The molecule has 122 valence electrons. The van der Waals surface area contributed by atoms with Crippen LogP contribution in [0, 0.1) is 5.82 Å². The molecule has 1 aromatic carbocycles. The number of benzene rings is 1. The molecule has 23 heavy (non-hydrogen) atoms. The number of nitrogen functional groups attached to an aromatic ring is 1. The Morgan fingerprint density at radius 3 is 2.78 bits per heavy atom. The fourth-order valence-electron chi connectivity index (χ4n) is 2.72. The smallest absolute Gasteiger partial charge is 0.322 e. The van der Waals surface area contributed by atoms with E-state index in [1.165, 1.54) is 23.9 Å². The lowest BCUT2D eigenvalue weighted by Gasteiger charge is -2.20. The minimum atomic E-state index is -1.01. The van der Waals surface area contributed by atoms with Crippen LogP contribution in [0.4, 0.5) is 10.3 Å². The highest BCUT2D eigenvalue weighted by Gasteiger charge is 2.47. The molecule has 6 nitrogen and oxygen atoms in total. The zero-order valence-corrected chi connectivity index (χ0v) is 13.2. The van der Waals surface area contributed by atoms with Gasteiger partial charge >= 0.3 is 5.97 Å². The van der Waals surface area contributed by atoms with Crippen LogP contribution < -0.4 is 16.5 Å². The van der Waals surface area contributed by atoms with E-state index in [0.717, 1.165) is 6.07 Å². The van der Waals surface area contributed by atoms with Crippen molar-refractivity contribution in [3.05, 3.63) is 39.8 Å². The highest BCUT2D eigenvalue weighted by Crippen LogP contribution is 2.46. The molecular weight excluding hydrogens is 323 g/mol. The summed E-state index contributed by atoms with van der Waals surface area (Å²) in [7, 11) is 0. The zero-order valence-electron chi connectivity index (χ0n) is 12.4. The van der Waals surface area contributed by atoms with Crippen LogP contribution in [-0.4, -0.2) is 21.9 Å². The van der Waals surface area contributed by atoms with Crippen molar-refractivity contribution in [2.45, 2.75) is 30.0 Å². The van der Waals surface area contributed by atoms with Crippen molar-refractivity contribution >= 4 is 34.6 Å². The number of thioether (sulfide) groups is 1. The molecule has 0 amide bonds. The van der Waals surface area contributed by atoms with Gasteiger partial charge in [0.2, 0.25) is 11.3 Å². The van der Waals surface area contributed by atoms with Gasteiger partial charge in [-0.05, 0) is 32.0 Å². The van der Waals surface area contributed by atoms with Gasteiger partial charge in [-0.2, -0.15) is 0 Å². The van der Waals surface area contributed by atoms with Crippen LogP contribution in [-0.2, 0) is 4.79 Å². The summed E-state index contributed by atoms with van der Waals surface area (Å²) >= 11 is 1.27. The average molecular weight is 338 g/mol. The predicted octanol–water partition coefficient (Wildman–Crippen LogP) is 2.08. The maximum Gasteiger partial charge on any atom is 0.322 e. The SMILES string of the molecule is CC1(C)SC(c2c(N)oc3ccc(F)cc3c2=O)NC1C(=O)O. The number of nitrogens with one attached hydrogen (secondary N) is 1. The molecule has 2 heterocycles. The first kappa shape index (κ1) is 15.8. The summed E-state index contributed by atoms with van der Waals surface area (Å²) in [4.78, 5) is 24.0. The lowest BCUT2D eigenvalue weighted by atomic mass is 10.0. The molecule has 0 saturated carbocycles. The standard InChI is InChI=1S/C15H15FN2O4S/c1-15(2)11(14(20)21)18-13(23-15)9-10(19)7-5-6(16)3-4-8(7)22-12(9)17/h3-5,11,13,18H,17H2,1-2H3,(H,20,21). The van der Waals surface area contributed by atoms with E-state index < -0.39 is 33.4 Å². The average Bonchev–Trinajstić information content (AvgIpc) is 2.75. The number of rotatable bonds is 2. The molecule has 1 aliphatic heterocycles. The van der Waals surface area contributed by atoms with Gasteiger partial charge < -0.3 is 15.3 Å². The second-order valence-electron chi connectivity index (χ2n) is 5.89. The number of hydrogen-bond donors (Lipinski definition) is 3. The molecular formula is C15H15FN2O4S. The van der Waals surface area contributed by atoms with E-state index in [4.69, 9.17) is 10.2 Å². The van der Waals surface area contributed by atoms with Crippen molar-refractivity contribution in [2.24, 2.45) is 0 Å². The molecule has 2 unspecified atom stereocenters. The third-order valence-corrected chi connectivity index (χ3v) is 5.31. The van der Waals surface area contributed by atoms with E-state index in [9.17, 15) is 19.1 Å². The number of carbonyl (C=O) groups is 1. The van der Waals surface area contributed by atoms with Gasteiger partial charge in [-0.15, -0.1) is 11.8 Å². The van der Waals surface area contributed by atoms with Crippen molar-refractivity contribution in [2.75, 3.05) is 5.73 Å². The molecule has 3 rings (SSSR count). The minimum Gasteiger partial charge on any atom is -0.480 e. The summed E-state index contributed by atoms with van der Waals surface area (Å²) in [6, 6.07) is 2.75. The molecule has 0 aliphatic carbocycles. The van der Waals surface area contributed by atoms with E-state index in [2.05, 4.69) is 5.32 Å². The molecule has 1 aromatic heterocycles. The Bertz CT molecular complexity index is 864. The van der Waals surface area contributed by atoms with E-state index in [1.807, 2.05) is 0 Å². The Kier molecular flexibility index (Phi) is 3.61. The van der Waals surface area contributed by atoms with E-state index in [1.54, 1.807) is 13.8 Å². The summed E-state index contributed by atoms with van der Waals surface area (Å²) < 4.78 is 18.2. The van der Waals surface area contributed by atoms with Crippen molar-refractivity contribution in [1.82, 2.24) is 5.32 Å². The first-order chi connectivity index (χ1) is 10.7. The monoisotopic (exact) mass is 338 g/mol. The number of nitrogens with two attached hydrogens (primary N) is 1. The van der Waals surface area contributed by atoms with Gasteiger partial charge in [-0.25, -0.2) is 4.39 Å². The zero-order chi connectivity index (χ0) is 16.9. The molecule has 1 saturated heterocycles. The third kappa shape index (κ3) is 2.57. The fourth-order valence-corrected chi connectivity index (χ4v) is 4.17. The number of hydrogen-bond acceptors (Lipinski definition) is 6. The number of carboxylic acid groups (broad SMARTS) is 1. The van der Waals surface area contributed by atoms with Crippen molar-refractivity contribution in [3.63, 3.8) is 0 Å². The largest absolute Gasteiger partial charge is 0.480 e. The molecule has 0 spiro atoms. The summed E-state index contributed by atoms with van der Waals surface area (Å²) in [6.45, 7) is 3.53. The summed E-state index contributed by atoms with van der Waals surface area (Å²) in [5.74, 6) is -1.67. The van der Waals surface area contributed by atoms with Gasteiger partial charge in [0.15, 0.2) is 0 Å². The Labute approximate surface area is 134 Å².